The number of methoxy groups -OCH3 is 1. The number of benzene rings is 3. The van der Waals surface area contributed by atoms with Gasteiger partial charge in [-0.2, -0.15) is 10.4 Å². The van der Waals surface area contributed by atoms with Gasteiger partial charge >= 0.3 is 0 Å². The fourth-order valence-corrected chi connectivity index (χ4v) is 3.40. The second-order valence-corrected chi connectivity index (χ2v) is 8.40. The molecule has 3 rings (SSSR count). The van der Waals surface area contributed by atoms with Gasteiger partial charge in [0.2, 0.25) is 0 Å². The standard InChI is InChI=1S/C28H27FN4O4/c1-18(2)26(32-27(34)20-9-11-23(29)12-10-20)28(35)33-31-16-19-8-13-24(25(14-19)36-3)37-17-22-7-5-4-6-21(22)15-30/h4-14,16,18,26H,17H2,1-3H3,(H,32,34)(H,33,35). The van der Waals surface area contributed by atoms with Crippen molar-refractivity contribution in [1.82, 2.24) is 10.7 Å². The van der Waals surface area contributed by atoms with Crippen LogP contribution in [0.15, 0.2) is 71.8 Å². The highest BCUT2D eigenvalue weighted by atomic mass is 19.1. The molecule has 0 radical (unpaired) electrons. The van der Waals surface area contributed by atoms with Crippen LogP contribution in [0.5, 0.6) is 11.5 Å². The summed E-state index contributed by atoms with van der Waals surface area (Å²) in [5.41, 5.74) is 4.62. The third-order valence-electron chi connectivity index (χ3n) is 5.44. The minimum atomic E-state index is -0.851. The maximum Gasteiger partial charge on any atom is 0.262 e. The van der Waals surface area contributed by atoms with Crippen molar-refractivity contribution in [3.63, 3.8) is 0 Å². The Morgan fingerprint density at radius 3 is 2.49 bits per heavy atom. The highest BCUT2D eigenvalue weighted by Crippen LogP contribution is 2.28. The number of halogens is 1. The fraction of sp³-hybridized carbons (Fsp3) is 0.214. The highest BCUT2D eigenvalue weighted by molar-refractivity contribution is 5.97. The summed E-state index contributed by atoms with van der Waals surface area (Å²) in [5, 5.41) is 15.9. The second-order valence-electron chi connectivity index (χ2n) is 8.40. The number of nitrogens with zero attached hydrogens (tertiary/aromatic N) is 2. The molecule has 190 valence electrons. The van der Waals surface area contributed by atoms with Gasteiger partial charge in [0.25, 0.3) is 11.8 Å². The predicted molar refractivity (Wildman–Crippen MR) is 137 cm³/mol. The first-order valence-corrected chi connectivity index (χ1v) is 11.5. The lowest BCUT2D eigenvalue weighted by atomic mass is 10.0. The van der Waals surface area contributed by atoms with E-state index in [1.54, 1.807) is 44.2 Å². The first-order valence-electron chi connectivity index (χ1n) is 11.5. The van der Waals surface area contributed by atoms with E-state index in [4.69, 9.17) is 9.47 Å². The Bertz CT molecular complexity index is 1320. The molecule has 0 heterocycles. The zero-order valence-corrected chi connectivity index (χ0v) is 20.7. The SMILES string of the molecule is COc1cc(C=NNC(=O)C(NC(=O)c2ccc(F)cc2)C(C)C)ccc1OCc1ccccc1C#N. The van der Waals surface area contributed by atoms with E-state index in [-0.39, 0.29) is 18.1 Å². The molecule has 0 aliphatic rings. The zero-order valence-electron chi connectivity index (χ0n) is 20.7. The molecule has 0 aromatic heterocycles. The minimum absolute atomic E-state index is 0.198. The van der Waals surface area contributed by atoms with E-state index in [1.807, 2.05) is 12.1 Å². The summed E-state index contributed by atoms with van der Waals surface area (Å²) in [7, 11) is 1.51. The van der Waals surface area contributed by atoms with E-state index < -0.39 is 23.7 Å². The van der Waals surface area contributed by atoms with Gasteiger partial charge in [0.1, 0.15) is 18.5 Å². The van der Waals surface area contributed by atoms with Gasteiger partial charge in [-0.15, -0.1) is 0 Å². The van der Waals surface area contributed by atoms with Crippen molar-refractivity contribution < 1.29 is 23.5 Å². The molecule has 0 spiro atoms. The number of nitriles is 1. The van der Waals surface area contributed by atoms with Gasteiger partial charge in [-0.05, 0) is 60.0 Å². The van der Waals surface area contributed by atoms with Crippen LogP contribution < -0.4 is 20.2 Å². The van der Waals surface area contributed by atoms with Gasteiger partial charge in [-0.3, -0.25) is 9.59 Å². The number of hydrogen-bond donors (Lipinski definition) is 2. The number of carbonyl (C=O) groups is 2. The lowest BCUT2D eigenvalue weighted by Crippen LogP contribution is -2.48. The average molecular weight is 503 g/mol. The molecule has 0 saturated carbocycles. The monoisotopic (exact) mass is 502 g/mol. The third-order valence-corrected chi connectivity index (χ3v) is 5.44. The largest absolute Gasteiger partial charge is 0.493 e. The first-order chi connectivity index (χ1) is 17.8. The van der Waals surface area contributed by atoms with Crippen molar-refractivity contribution in [3.05, 3.63) is 94.8 Å². The van der Waals surface area contributed by atoms with E-state index in [9.17, 15) is 19.2 Å². The average Bonchev–Trinajstić information content (AvgIpc) is 2.90. The van der Waals surface area contributed by atoms with Gasteiger partial charge in [-0.25, -0.2) is 9.82 Å². The molecule has 0 saturated heterocycles. The topological polar surface area (TPSA) is 113 Å². The summed E-state index contributed by atoms with van der Waals surface area (Å²) < 4.78 is 24.4. The molecular weight excluding hydrogens is 475 g/mol. The van der Waals surface area contributed by atoms with E-state index in [1.165, 1.54) is 37.6 Å². The number of carbonyl (C=O) groups excluding carboxylic acids is 2. The van der Waals surface area contributed by atoms with Gasteiger partial charge in [0.05, 0.1) is 25.0 Å². The smallest absolute Gasteiger partial charge is 0.262 e. The van der Waals surface area contributed by atoms with Crippen molar-refractivity contribution in [3.8, 4) is 17.6 Å². The Labute approximate surface area is 214 Å². The fourth-order valence-electron chi connectivity index (χ4n) is 3.40. The molecule has 1 unspecified atom stereocenters. The predicted octanol–water partition coefficient (Wildman–Crippen LogP) is 4.19. The van der Waals surface area contributed by atoms with Crippen LogP contribution in [0.3, 0.4) is 0 Å². The summed E-state index contributed by atoms with van der Waals surface area (Å²) in [4.78, 5) is 25.1. The van der Waals surface area contributed by atoms with Crippen molar-refractivity contribution in [2.24, 2.45) is 11.0 Å². The molecular formula is C28H27FN4O4. The van der Waals surface area contributed by atoms with Crippen LogP contribution in [-0.4, -0.2) is 31.2 Å². The van der Waals surface area contributed by atoms with E-state index in [0.29, 0.717) is 22.6 Å². The van der Waals surface area contributed by atoms with Crippen LogP contribution in [0, 0.1) is 23.1 Å². The van der Waals surface area contributed by atoms with E-state index in [0.717, 1.165) is 5.56 Å². The molecule has 0 aliphatic heterocycles. The second kappa shape index (κ2) is 12.8. The van der Waals surface area contributed by atoms with E-state index in [2.05, 4.69) is 21.9 Å². The van der Waals surface area contributed by atoms with Crippen LogP contribution in [0.4, 0.5) is 4.39 Å². The molecule has 0 aliphatic carbocycles. The van der Waals surface area contributed by atoms with E-state index >= 15 is 0 Å². The molecule has 8 nitrogen and oxygen atoms in total. The van der Waals surface area contributed by atoms with Gasteiger partial charge in [0, 0.05) is 11.1 Å². The van der Waals surface area contributed by atoms with Crippen molar-refractivity contribution >= 4 is 18.0 Å². The number of ether oxygens (including phenoxy) is 2. The lowest BCUT2D eigenvalue weighted by molar-refractivity contribution is -0.123. The summed E-state index contributed by atoms with van der Waals surface area (Å²) in [5.74, 6) is -0.719. The molecule has 2 amide bonds. The Hall–Kier alpha value is -4.71. The van der Waals surface area contributed by atoms with Gasteiger partial charge in [-0.1, -0.05) is 32.0 Å². The molecule has 0 fully saturated rings. The molecule has 3 aromatic carbocycles. The number of nitrogens with one attached hydrogen (secondary N) is 2. The Balaban J connectivity index is 1.62. The first kappa shape index (κ1) is 26.9. The molecule has 37 heavy (non-hydrogen) atoms. The summed E-state index contributed by atoms with van der Waals surface area (Å²) in [6, 6.07) is 18.6. The number of amides is 2. The van der Waals surface area contributed by atoms with Gasteiger partial charge in [0.15, 0.2) is 11.5 Å². The Kier molecular flexibility index (Phi) is 9.33. The van der Waals surface area contributed by atoms with Crippen molar-refractivity contribution in [2.75, 3.05) is 7.11 Å². The lowest BCUT2D eigenvalue weighted by Gasteiger charge is -2.20. The van der Waals surface area contributed by atoms with Crippen molar-refractivity contribution in [2.45, 2.75) is 26.5 Å². The molecule has 9 heteroatoms. The Morgan fingerprint density at radius 1 is 1.08 bits per heavy atom. The highest BCUT2D eigenvalue weighted by Gasteiger charge is 2.24. The van der Waals surface area contributed by atoms with Crippen LogP contribution >= 0.6 is 0 Å². The van der Waals surface area contributed by atoms with Crippen LogP contribution in [-0.2, 0) is 11.4 Å². The molecule has 1 atom stereocenters. The quantitative estimate of drug-likeness (QED) is 0.319. The van der Waals surface area contributed by atoms with Crippen molar-refractivity contribution in [1.29, 1.82) is 5.26 Å². The maximum absolute atomic E-state index is 13.1. The molecule has 0 bridgehead atoms. The molecule has 2 N–H and O–H groups in total. The molecule has 3 aromatic rings. The zero-order chi connectivity index (χ0) is 26.8. The van der Waals surface area contributed by atoms with Crippen LogP contribution in [0.2, 0.25) is 0 Å². The summed E-state index contributed by atoms with van der Waals surface area (Å²) in [6.45, 7) is 3.78. The Morgan fingerprint density at radius 2 is 1.81 bits per heavy atom. The third kappa shape index (κ3) is 7.39. The van der Waals surface area contributed by atoms with Gasteiger partial charge < -0.3 is 14.8 Å². The van der Waals surface area contributed by atoms with Crippen LogP contribution in [0.25, 0.3) is 0 Å². The summed E-state index contributed by atoms with van der Waals surface area (Å²) in [6.07, 6.45) is 1.44. The number of rotatable bonds is 10. The maximum atomic E-state index is 13.1. The minimum Gasteiger partial charge on any atom is -0.493 e. The summed E-state index contributed by atoms with van der Waals surface area (Å²) >= 11 is 0. The normalized spacial score (nSPS) is 11.6. The number of hydrazone groups is 1. The van der Waals surface area contributed by atoms with Crippen LogP contribution in [0.1, 0.15) is 40.9 Å². The number of hydrogen-bond acceptors (Lipinski definition) is 6.